The quantitative estimate of drug-likeness (QED) is 0.572. The van der Waals surface area contributed by atoms with Crippen molar-refractivity contribution in [1.82, 2.24) is 10.6 Å². The second kappa shape index (κ2) is 4.83. The van der Waals surface area contributed by atoms with E-state index in [1.165, 1.54) is 0 Å². The van der Waals surface area contributed by atoms with Gasteiger partial charge in [0.25, 0.3) is 0 Å². The minimum atomic E-state index is -0.758. The van der Waals surface area contributed by atoms with Crippen LogP contribution in [0, 0.1) is 0 Å². The van der Waals surface area contributed by atoms with Gasteiger partial charge in [-0.1, -0.05) is 6.42 Å². The zero-order chi connectivity index (χ0) is 10.6. The maximum absolute atomic E-state index is 10.9. The highest BCUT2D eigenvalue weighted by Crippen LogP contribution is 2.10. The van der Waals surface area contributed by atoms with Crippen LogP contribution in [-0.2, 0) is 4.79 Å². The van der Waals surface area contributed by atoms with Crippen LogP contribution in [0.4, 0.5) is 4.79 Å². The van der Waals surface area contributed by atoms with Gasteiger partial charge in [0.1, 0.15) is 0 Å². The average Bonchev–Trinajstić information content (AvgIpc) is 2.39. The van der Waals surface area contributed by atoms with Crippen LogP contribution in [0.5, 0.6) is 0 Å². The first-order valence-electron chi connectivity index (χ1n) is 4.88. The van der Waals surface area contributed by atoms with Gasteiger partial charge in [-0.3, -0.25) is 4.79 Å². The third-order valence-electron chi connectivity index (χ3n) is 2.43. The van der Waals surface area contributed by atoms with Gasteiger partial charge in [0.2, 0.25) is 0 Å². The molecule has 0 aromatic carbocycles. The molecule has 0 unspecified atom stereocenters. The summed E-state index contributed by atoms with van der Waals surface area (Å²) in [7, 11) is 0. The second-order valence-corrected chi connectivity index (χ2v) is 3.65. The van der Waals surface area contributed by atoms with Crippen LogP contribution in [0.25, 0.3) is 0 Å². The zero-order valence-electron chi connectivity index (χ0n) is 8.25. The number of nitrogens with one attached hydrogen (secondary N) is 2. The first-order valence-corrected chi connectivity index (χ1v) is 4.88. The van der Waals surface area contributed by atoms with Crippen LogP contribution in [0.2, 0.25) is 0 Å². The maximum Gasteiger partial charge on any atom is 0.315 e. The van der Waals surface area contributed by atoms with Gasteiger partial charge in [0.15, 0.2) is 0 Å². The molecule has 2 amide bonds. The molecule has 14 heavy (non-hydrogen) atoms. The van der Waals surface area contributed by atoms with Crippen molar-refractivity contribution < 1.29 is 14.7 Å². The SMILES string of the molecule is C[C@@H]1NC(=O)N[C@@H]1CCCCC(=O)O. The Balaban J connectivity index is 2.12. The normalized spacial score (nSPS) is 25.6. The molecule has 0 spiro atoms. The lowest BCUT2D eigenvalue weighted by Crippen LogP contribution is -2.30. The Hall–Kier alpha value is -1.26. The van der Waals surface area contributed by atoms with Crippen molar-refractivity contribution in [3.63, 3.8) is 0 Å². The molecule has 0 aromatic heterocycles. The van der Waals surface area contributed by atoms with Crippen molar-refractivity contribution in [3.8, 4) is 0 Å². The Morgan fingerprint density at radius 2 is 2.14 bits per heavy atom. The fourth-order valence-corrected chi connectivity index (χ4v) is 1.61. The average molecular weight is 200 g/mol. The summed E-state index contributed by atoms with van der Waals surface area (Å²) >= 11 is 0. The first kappa shape index (κ1) is 10.8. The molecule has 80 valence electrons. The number of urea groups is 1. The largest absolute Gasteiger partial charge is 0.481 e. The number of carboxylic acids is 1. The smallest absolute Gasteiger partial charge is 0.315 e. The first-order chi connectivity index (χ1) is 6.59. The summed E-state index contributed by atoms with van der Waals surface area (Å²) in [5.41, 5.74) is 0. The topological polar surface area (TPSA) is 78.4 Å². The van der Waals surface area contributed by atoms with Crippen molar-refractivity contribution in [1.29, 1.82) is 0 Å². The van der Waals surface area contributed by atoms with Crippen molar-refractivity contribution in [2.24, 2.45) is 0 Å². The predicted octanol–water partition coefficient (Wildman–Crippen LogP) is 0.701. The van der Waals surface area contributed by atoms with E-state index in [0.717, 1.165) is 12.8 Å². The minimum Gasteiger partial charge on any atom is -0.481 e. The van der Waals surface area contributed by atoms with E-state index in [4.69, 9.17) is 5.11 Å². The molecule has 0 saturated carbocycles. The Labute approximate surface area is 82.9 Å². The third-order valence-corrected chi connectivity index (χ3v) is 2.43. The molecule has 1 heterocycles. The number of carbonyl (C=O) groups excluding carboxylic acids is 1. The molecule has 0 bridgehead atoms. The lowest BCUT2D eigenvalue weighted by Gasteiger charge is -2.12. The van der Waals surface area contributed by atoms with Gasteiger partial charge in [-0.15, -0.1) is 0 Å². The van der Waals surface area contributed by atoms with Gasteiger partial charge in [-0.05, 0) is 19.8 Å². The summed E-state index contributed by atoms with van der Waals surface area (Å²) < 4.78 is 0. The van der Waals surface area contributed by atoms with Gasteiger partial charge in [-0.25, -0.2) is 4.79 Å². The number of hydrogen-bond acceptors (Lipinski definition) is 2. The molecule has 2 atom stereocenters. The summed E-state index contributed by atoms with van der Waals surface area (Å²) in [6.45, 7) is 1.94. The van der Waals surface area contributed by atoms with E-state index in [2.05, 4.69) is 10.6 Å². The van der Waals surface area contributed by atoms with Crippen molar-refractivity contribution in [2.45, 2.75) is 44.7 Å². The Kier molecular flexibility index (Phi) is 3.73. The molecule has 0 aromatic rings. The molecule has 5 nitrogen and oxygen atoms in total. The lowest BCUT2D eigenvalue weighted by molar-refractivity contribution is -0.137. The second-order valence-electron chi connectivity index (χ2n) is 3.65. The molecule has 1 aliphatic heterocycles. The molecule has 1 fully saturated rings. The minimum absolute atomic E-state index is 0.124. The summed E-state index contributed by atoms with van der Waals surface area (Å²) in [5, 5.41) is 14.0. The standard InChI is InChI=1S/C9H16N2O3/c1-6-7(11-9(14)10-6)4-2-3-5-8(12)13/h6-7H,2-5H2,1H3,(H,12,13)(H2,10,11,14)/t6-,7+/m0/s1. The Morgan fingerprint density at radius 3 is 2.64 bits per heavy atom. The molecule has 5 heteroatoms. The van der Waals surface area contributed by atoms with Gasteiger partial charge in [-0.2, -0.15) is 0 Å². The monoisotopic (exact) mass is 200 g/mol. The van der Waals surface area contributed by atoms with Crippen LogP contribution in [0.3, 0.4) is 0 Å². The molecule has 3 N–H and O–H groups in total. The summed E-state index contributed by atoms with van der Waals surface area (Å²) in [6, 6.07) is 0.171. The van der Waals surface area contributed by atoms with Gasteiger partial charge in [0.05, 0.1) is 6.04 Å². The zero-order valence-corrected chi connectivity index (χ0v) is 8.25. The van der Waals surface area contributed by atoms with Crippen LogP contribution < -0.4 is 10.6 Å². The Bertz CT molecular complexity index is 230. The molecule has 1 aliphatic rings. The van der Waals surface area contributed by atoms with E-state index >= 15 is 0 Å². The van der Waals surface area contributed by atoms with E-state index in [-0.39, 0.29) is 24.5 Å². The van der Waals surface area contributed by atoms with Gasteiger partial charge < -0.3 is 15.7 Å². The van der Waals surface area contributed by atoms with Crippen molar-refractivity contribution in [3.05, 3.63) is 0 Å². The summed E-state index contributed by atoms with van der Waals surface area (Å²) in [5.74, 6) is -0.758. The predicted molar refractivity (Wildman–Crippen MR) is 51.0 cm³/mol. The molecular weight excluding hydrogens is 184 g/mol. The third kappa shape index (κ3) is 3.24. The number of aliphatic carboxylic acids is 1. The van der Waals surface area contributed by atoms with Crippen molar-refractivity contribution >= 4 is 12.0 Å². The van der Waals surface area contributed by atoms with Gasteiger partial charge in [0, 0.05) is 12.5 Å². The molecule has 1 rings (SSSR count). The Morgan fingerprint density at radius 1 is 1.43 bits per heavy atom. The maximum atomic E-state index is 10.9. The fraction of sp³-hybridized carbons (Fsp3) is 0.778. The van der Waals surface area contributed by atoms with Crippen molar-refractivity contribution in [2.75, 3.05) is 0 Å². The lowest BCUT2D eigenvalue weighted by atomic mass is 10.0. The van der Waals surface area contributed by atoms with E-state index in [9.17, 15) is 9.59 Å². The van der Waals surface area contributed by atoms with Crippen LogP contribution in [0.15, 0.2) is 0 Å². The van der Waals surface area contributed by atoms with Crippen LogP contribution in [-0.4, -0.2) is 29.2 Å². The number of hydrogen-bond donors (Lipinski definition) is 3. The van der Waals surface area contributed by atoms with E-state index in [0.29, 0.717) is 6.42 Å². The highest BCUT2D eigenvalue weighted by molar-refractivity contribution is 5.77. The van der Waals surface area contributed by atoms with E-state index in [1.54, 1.807) is 0 Å². The van der Waals surface area contributed by atoms with E-state index < -0.39 is 5.97 Å². The summed E-state index contributed by atoms with van der Waals surface area (Å²) in [6.07, 6.45) is 2.56. The number of carboxylic acid groups (broad SMARTS) is 1. The number of carbonyl (C=O) groups is 2. The number of amides is 2. The van der Waals surface area contributed by atoms with E-state index in [1.807, 2.05) is 6.92 Å². The highest BCUT2D eigenvalue weighted by Gasteiger charge is 2.26. The molecule has 1 saturated heterocycles. The van der Waals surface area contributed by atoms with Crippen LogP contribution in [0.1, 0.15) is 32.6 Å². The number of unbranched alkanes of at least 4 members (excludes halogenated alkanes) is 1. The molecule has 0 radical (unpaired) electrons. The number of rotatable bonds is 5. The summed E-state index contributed by atoms with van der Waals surface area (Å²) in [4.78, 5) is 21.1. The highest BCUT2D eigenvalue weighted by atomic mass is 16.4. The van der Waals surface area contributed by atoms with Crippen LogP contribution >= 0.6 is 0 Å². The fourth-order valence-electron chi connectivity index (χ4n) is 1.61. The van der Waals surface area contributed by atoms with Gasteiger partial charge >= 0.3 is 12.0 Å². The molecular formula is C9H16N2O3. The molecule has 0 aliphatic carbocycles.